The third-order valence-corrected chi connectivity index (χ3v) is 8.47. The average molecular weight is 555 g/mol. The van der Waals surface area contributed by atoms with Crippen molar-refractivity contribution < 1.29 is 0 Å². The fourth-order valence-electron chi connectivity index (χ4n) is 3.79. The number of rotatable bonds is 10. The zero-order valence-electron chi connectivity index (χ0n) is 16.6. The van der Waals surface area contributed by atoms with Gasteiger partial charge < -0.3 is 0 Å². The lowest BCUT2D eigenvalue weighted by molar-refractivity contribution is 0.575. The second-order valence-corrected chi connectivity index (χ2v) is 12.0. The smallest absolute Gasteiger partial charge is 0.162 e. The quantitative estimate of drug-likeness (QED) is 0.183. The molecule has 1 aromatic carbocycles. The molecule has 7 heteroatoms. The normalized spacial score (nSPS) is 11.8. The Hall–Kier alpha value is -0.760. The second kappa shape index (κ2) is 10.0. The van der Waals surface area contributed by atoms with Gasteiger partial charge in [-0.3, -0.25) is 4.57 Å². The molecule has 0 unspecified atom stereocenters. The van der Waals surface area contributed by atoms with Gasteiger partial charge in [-0.25, -0.2) is 9.97 Å². The number of benzene rings is 1. The van der Waals surface area contributed by atoms with E-state index in [9.17, 15) is 0 Å². The first-order chi connectivity index (χ1) is 14.2. The maximum Gasteiger partial charge on any atom is 0.162 e. The molecule has 3 heterocycles. The van der Waals surface area contributed by atoms with Crippen LogP contribution in [-0.2, 0) is 6.42 Å². The summed E-state index contributed by atoms with van der Waals surface area (Å²) in [6, 6.07) is 8.94. The molecular formula is C22H25Br2N3S2. The van der Waals surface area contributed by atoms with E-state index in [0.29, 0.717) is 0 Å². The van der Waals surface area contributed by atoms with E-state index in [1.54, 1.807) is 22.7 Å². The minimum Gasteiger partial charge on any atom is -0.276 e. The number of nitrogens with zero attached hydrogens (tertiary/aromatic N) is 3. The van der Waals surface area contributed by atoms with Crippen LogP contribution in [0.4, 0.5) is 0 Å². The van der Waals surface area contributed by atoms with Crippen LogP contribution < -0.4 is 0 Å². The zero-order chi connectivity index (χ0) is 20.2. The lowest BCUT2D eigenvalue weighted by Crippen LogP contribution is -1.96. The molecule has 0 bridgehead atoms. The summed E-state index contributed by atoms with van der Waals surface area (Å²) in [6.45, 7) is 2.28. The van der Waals surface area contributed by atoms with E-state index >= 15 is 0 Å². The lowest BCUT2D eigenvalue weighted by Gasteiger charge is -2.07. The predicted octanol–water partition coefficient (Wildman–Crippen LogP) is 8.90. The Bertz CT molecular complexity index is 1030. The van der Waals surface area contributed by atoms with Crippen molar-refractivity contribution in [2.45, 2.75) is 64.7 Å². The molecule has 0 N–H and O–H groups in total. The van der Waals surface area contributed by atoms with Crippen LogP contribution >= 0.6 is 54.5 Å². The summed E-state index contributed by atoms with van der Waals surface area (Å²) >= 11 is 10.4. The first-order valence-electron chi connectivity index (χ1n) is 10.4. The Kier molecular flexibility index (Phi) is 7.43. The molecule has 0 saturated heterocycles. The number of aryl methyl sites for hydroxylation is 1. The van der Waals surface area contributed by atoms with Gasteiger partial charge in [-0.1, -0.05) is 64.0 Å². The van der Waals surface area contributed by atoms with Crippen LogP contribution in [-0.4, -0.2) is 14.5 Å². The van der Waals surface area contributed by atoms with Gasteiger partial charge in [-0.2, -0.15) is 0 Å². The molecule has 0 amide bonds. The number of thiazole rings is 2. The van der Waals surface area contributed by atoms with Crippen molar-refractivity contribution >= 4 is 75.2 Å². The van der Waals surface area contributed by atoms with Crippen LogP contribution in [0.3, 0.4) is 0 Å². The molecule has 0 saturated carbocycles. The molecular weight excluding hydrogens is 530 g/mol. The SMILES string of the molecule is CCCCCCCCCCc1ccc(-n2c3nc(Br)sc3c3sc(Br)nc32)cc1. The van der Waals surface area contributed by atoms with E-state index in [2.05, 4.69) is 67.6 Å². The molecule has 0 fully saturated rings. The Labute approximate surface area is 196 Å². The van der Waals surface area contributed by atoms with Crippen molar-refractivity contribution in [1.82, 2.24) is 14.5 Å². The molecule has 0 aliphatic carbocycles. The molecule has 4 rings (SSSR count). The maximum atomic E-state index is 4.70. The van der Waals surface area contributed by atoms with E-state index in [1.807, 2.05) is 0 Å². The Morgan fingerprint density at radius 2 is 1.28 bits per heavy atom. The van der Waals surface area contributed by atoms with Crippen molar-refractivity contribution in [2.75, 3.05) is 0 Å². The summed E-state index contributed by atoms with van der Waals surface area (Å²) in [7, 11) is 0. The van der Waals surface area contributed by atoms with Crippen molar-refractivity contribution in [3.8, 4) is 5.69 Å². The fraction of sp³-hybridized carbons (Fsp3) is 0.455. The van der Waals surface area contributed by atoms with Crippen molar-refractivity contribution in [3.05, 3.63) is 37.7 Å². The van der Waals surface area contributed by atoms with Crippen LogP contribution in [0.5, 0.6) is 0 Å². The minimum atomic E-state index is 0.911. The lowest BCUT2D eigenvalue weighted by atomic mass is 10.0. The number of unbranched alkanes of at least 4 members (excludes halogenated alkanes) is 7. The van der Waals surface area contributed by atoms with Gasteiger partial charge in [0.25, 0.3) is 0 Å². The van der Waals surface area contributed by atoms with Crippen molar-refractivity contribution in [2.24, 2.45) is 0 Å². The summed E-state index contributed by atoms with van der Waals surface area (Å²) < 4.78 is 6.38. The first kappa shape index (κ1) is 21.5. The summed E-state index contributed by atoms with van der Waals surface area (Å²) in [6.07, 6.45) is 12.1. The summed E-state index contributed by atoms with van der Waals surface area (Å²) in [5, 5.41) is 0. The molecule has 0 radical (unpaired) electrons. The van der Waals surface area contributed by atoms with Gasteiger partial charge in [-0.05, 0) is 62.4 Å². The van der Waals surface area contributed by atoms with Crippen LogP contribution in [0, 0.1) is 0 Å². The molecule has 0 spiro atoms. The van der Waals surface area contributed by atoms with Gasteiger partial charge in [0.05, 0.1) is 9.40 Å². The number of hydrogen-bond donors (Lipinski definition) is 0. The third-order valence-electron chi connectivity index (χ3n) is 5.31. The molecule has 3 nitrogen and oxygen atoms in total. The predicted molar refractivity (Wildman–Crippen MR) is 134 cm³/mol. The largest absolute Gasteiger partial charge is 0.276 e. The second-order valence-electron chi connectivity index (χ2n) is 7.47. The van der Waals surface area contributed by atoms with Gasteiger partial charge >= 0.3 is 0 Å². The molecule has 4 aromatic rings. The topological polar surface area (TPSA) is 30.7 Å². The Morgan fingerprint density at radius 3 is 1.83 bits per heavy atom. The van der Waals surface area contributed by atoms with Gasteiger partial charge in [0.2, 0.25) is 0 Å². The highest BCUT2D eigenvalue weighted by Crippen LogP contribution is 2.41. The van der Waals surface area contributed by atoms with Crippen LogP contribution in [0.1, 0.15) is 63.9 Å². The average Bonchev–Trinajstić information content (AvgIpc) is 3.34. The van der Waals surface area contributed by atoms with E-state index in [4.69, 9.17) is 9.97 Å². The van der Waals surface area contributed by atoms with Crippen LogP contribution in [0.15, 0.2) is 32.1 Å². The first-order valence-corrected chi connectivity index (χ1v) is 13.6. The van der Waals surface area contributed by atoms with E-state index < -0.39 is 0 Å². The highest BCUT2D eigenvalue weighted by atomic mass is 79.9. The number of aromatic nitrogens is 3. The molecule has 154 valence electrons. The minimum absolute atomic E-state index is 0.911. The highest BCUT2D eigenvalue weighted by molar-refractivity contribution is 9.11. The summed E-state index contributed by atoms with van der Waals surface area (Å²) in [5.74, 6) is 0. The number of fused-ring (bicyclic) bond motifs is 3. The van der Waals surface area contributed by atoms with Crippen LogP contribution in [0.25, 0.3) is 26.4 Å². The van der Waals surface area contributed by atoms with E-state index in [0.717, 1.165) is 31.2 Å². The maximum absolute atomic E-state index is 4.70. The van der Waals surface area contributed by atoms with Crippen molar-refractivity contribution in [1.29, 1.82) is 0 Å². The van der Waals surface area contributed by atoms with Crippen LogP contribution in [0.2, 0.25) is 0 Å². The van der Waals surface area contributed by atoms with Gasteiger partial charge in [0.15, 0.2) is 19.1 Å². The summed E-state index contributed by atoms with van der Waals surface area (Å²) in [5.41, 5.74) is 4.51. The monoisotopic (exact) mass is 553 g/mol. The molecule has 0 atom stereocenters. The van der Waals surface area contributed by atoms with Gasteiger partial charge in [0, 0.05) is 5.69 Å². The number of hydrogen-bond acceptors (Lipinski definition) is 4. The van der Waals surface area contributed by atoms with Gasteiger partial charge in [0.1, 0.15) is 0 Å². The van der Waals surface area contributed by atoms with Gasteiger partial charge in [-0.15, -0.1) is 22.7 Å². The van der Waals surface area contributed by atoms with E-state index in [1.165, 1.54) is 66.3 Å². The molecule has 29 heavy (non-hydrogen) atoms. The molecule has 3 aromatic heterocycles. The number of halogens is 2. The zero-order valence-corrected chi connectivity index (χ0v) is 21.4. The Balaban J connectivity index is 1.42. The Morgan fingerprint density at radius 1 is 0.759 bits per heavy atom. The summed E-state index contributed by atoms with van der Waals surface area (Å²) in [4.78, 5) is 9.39. The third kappa shape index (κ3) is 4.94. The molecule has 0 aliphatic rings. The van der Waals surface area contributed by atoms with E-state index in [-0.39, 0.29) is 0 Å². The fourth-order valence-corrected chi connectivity index (χ4v) is 6.77. The standard InChI is InChI=1S/C22H25Br2N3S2/c1-2-3-4-5-6-7-8-9-10-15-11-13-16(14-12-15)27-19-17(28-21(23)25-19)18-20(27)26-22(24)29-18/h11-14H,2-10H2,1H3. The van der Waals surface area contributed by atoms with Crippen molar-refractivity contribution in [3.63, 3.8) is 0 Å². The molecule has 0 aliphatic heterocycles. The highest BCUT2D eigenvalue weighted by Gasteiger charge is 2.20.